The minimum Gasteiger partial charge on any atom is -0.338 e. The number of urea groups is 1. The smallest absolute Gasteiger partial charge is 0.317 e. The van der Waals surface area contributed by atoms with E-state index < -0.39 is 0 Å². The maximum absolute atomic E-state index is 12.0. The van der Waals surface area contributed by atoms with E-state index in [1.807, 2.05) is 4.90 Å². The number of rotatable bonds is 6. The first-order valence-electron chi connectivity index (χ1n) is 7.62. The summed E-state index contributed by atoms with van der Waals surface area (Å²) in [6.45, 7) is 10.6. The van der Waals surface area contributed by atoms with E-state index in [0.29, 0.717) is 5.92 Å². The van der Waals surface area contributed by atoms with Crippen LogP contribution in [0.15, 0.2) is 0 Å². The number of nitrogens with two attached hydrogens (primary N) is 1. The van der Waals surface area contributed by atoms with E-state index in [9.17, 15) is 4.79 Å². The zero-order chi connectivity index (χ0) is 14.1. The number of carbonyl (C=O) groups excluding carboxylic acids is 1. The Morgan fingerprint density at radius 2 is 2.11 bits per heavy atom. The first-order chi connectivity index (χ1) is 9.17. The zero-order valence-corrected chi connectivity index (χ0v) is 12.5. The second kappa shape index (κ2) is 9.15. The summed E-state index contributed by atoms with van der Waals surface area (Å²) in [5, 5.41) is 3.00. The van der Waals surface area contributed by atoms with Gasteiger partial charge in [-0.25, -0.2) is 4.79 Å². The lowest BCUT2D eigenvalue weighted by Crippen LogP contribution is -2.42. The van der Waals surface area contributed by atoms with Gasteiger partial charge in [-0.3, -0.25) is 0 Å². The maximum Gasteiger partial charge on any atom is 0.317 e. The quantitative estimate of drug-likeness (QED) is 0.711. The minimum atomic E-state index is 0.0992. The molecule has 0 aromatic carbocycles. The van der Waals surface area contributed by atoms with Crippen molar-refractivity contribution in [3.8, 4) is 0 Å². The summed E-state index contributed by atoms with van der Waals surface area (Å²) in [4.78, 5) is 16.4. The van der Waals surface area contributed by atoms with Crippen LogP contribution in [0.2, 0.25) is 0 Å². The van der Waals surface area contributed by atoms with E-state index in [4.69, 9.17) is 5.73 Å². The van der Waals surface area contributed by atoms with Crippen LogP contribution in [0.5, 0.6) is 0 Å². The second-order valence-corrected chi connectivity index (χ2v) is 5.57. The van der Waals surface area contributed by atoms with Crippen LogP contribution in [0.3, 0.4) is 0 Å². The highest BCUT2D eigenvalue weighted by atomic mass is 16.2. The van der Waals surface area contributed by atoms with Crippen molar-refractivity contribution in [1.29, 1.82) is 0 Å². The molecular weight excluding hydrogens is 240 g/mol. The molecular formula is C14H30N4O. The Hall–Kier alpha value is -0.810. The average molecular weight is 270 g/mol. The molecule has 3 N–H and O–H groups in total. The van der Waals surface area contributed by atoms with Crippen LogP contribution in [0.4, 0.5) is 4.79 Å². The molecule has 5 nitrogen and oxygen atoms in total. The van der Waals surface area contributed by atoms with E-state index >= 15 is 0 Å². The van der Waals surface area contributed by atoms with Crippen molar-refractivity contribution in [3.63, 3.8) is 0 Å². The predicted octanol–water partition coefficient (Wildman–Crippen LogP) is 1.10. The van der Waals surface area contributed by atoms with Gasteiger partial charge in [-0.2, -0.15) is 0 Å². The third-order valence-corrected chi connectivity index (χ3v) is 3.65. The van der Waals surface area contributed by atoms with Crippen molar-refractivity contribution < 1.29 is 4.79 Å². The van der Waals surface area contributed by atoms with Gasteiger partial charge in [0.25, 0.3) is 0 Å². The van der Waals surface area contributed by atoms with Gasteiger partial charge in [0.1, 0.15) is 0 Å². The van der Waals surface area contributed by atoms with E-state index in [2.05, 4.69) is 24.1 Å². The lowest BCUT2D eigenvalue weighted by atomic mass is 10.1. The molecule has 0 saturated carbocycles. The highest BCUT2D eigenvalue weighted by Crippen LogP contribution is 2.06. The minimum absolute atomic E-state index is 0.0992. The third kappa shape index (κ3) is 6.25. The zero-order valence-electron chi connectivity index (χ0n) is 12.5. The Morgan fingerprint density at radius 3 is 2.79 bits per heavy atom. The van der Waals surface area contributed by atoms with Crippen LogP contribution in [-0.2, 0) is 0 Å². The van der Waals surface area contributed by atoms with Crippen molar-refractivity contribution in [2.75, 3.05) is 45.8 Å². The fraction of sp³-hybridized carbons (Fsp3) is 0.929. The average Bonchev–Trinajstić information content (AvgIpc) is 2.64. The molecule has 1 aliphatic rings. The van der Waals surface area contributed by atoms with Gasteiger partial charge in [0, 0.05) is 32.7 Å². The molecule has 0 aliphatic carbocycles. The molecule has 1 unspecified atom stereocenters. The highest BCUT2D eigenvalue weighted by Gasteiger charge is 2.19. The molecule has 2 amide bonds. The second-order valence-electron chi connectivity index (χ2n) is 5.57. The van der Waals surface area contributed by atoms with Crippen LogP contribution in [0.1, 0.15) is 33.1 Å². The Morgan fingerprint density at radius 1 is 1.32 bits per heavy atom. The van der Waals surface area contributed by atoms with Gasteiger partial charge in [-0.05, 0) is 31.8 Å². The number of unbranched alkanes of at least 4 members (excludes halogenated alkanes) is 1. The number of hydrogen-bond acceptors (Lipinski definition) is 3. The molecule has 1 heterocycles. The third-order valence-electron chi connectivity index (χ3n) is 3.65. The number of nitrogens with one attached hydrogen (secondary N) is 1. The molecule has 1 fully saturated rings. The predicted molar refractivity (Wildman–Crippen MR) is 79.2 cm³/mol. The lowest BCUT2D eigenvalue weighted by molar-refractivity contribution is 0.196. The molecule has 1 saturated heterocycles. The summed E-state index contributed by atoms with van der Waals surface area (Å²) >= 11 is 0. The van der Waals surface area contributed by atoms with E-state index in [0.717, 1.165) is 65.1 Å². The molecule has 1 atom stereocenters. The fourth-order valence-corrected chi connectivity index (χ4v) is 2.36. The van der Waals surface area contributed by atoms with Crippen LogP contribution in [0.25, 0.3) is 0 Å². The molecule has 1 aliphatic heterocycles. The van der Waals surface area contributed by atoms with E-state index in [1.54, 1.807) is 0 Å². The molecule has 112 valence electrons. The van der Waals surface area contributed by atoms with Gasteiger partial charge in [-0.15, -0.1) is 0 Å². The lowest BCUT2D eigenvalue weighted by Gasteiger charge is -2.24. The van der Waals surface area contributed by atoms with E-state index in [1.165, 1.54) is 0 Å². The summed E-state index contributed by atoms with van der Waals surface area (Å²) in [6, 6.07) is 0.0992. The van der Waals surface area contributed by atoms with Crippen molar-refractivity contribution in [1.82, 2.24) is 15.1 Å². The highest BCUT2D eigenvalue weighted by molar-refractivity contribution is 5.74. The number of hydrogen-bond donors (Lipinski definition) is 2. The summed E-state index contributed by atoms with van der Waals surface area (Å²) < 4.78 is 0. The molecule has 0 bridgehead atoms. The number of amides is 2. The Bertz CT molecular complexity index is 260. The van der Waals surface area contributed by atoms with E-state index in [-0.39, 0.29) is 6.03 Å². The SMILES string of the molecule is CCCCNC(=O)N1CCCN(CC(C)CN)CC1. The fourth-order valence-electron chi connectivity index (χ4n) is 2.36. The summed E-state index contributed by atoms with van der Waals surface area (Å²) in [5.41, 5.74) is 5.67. The number of nitrogens with zero attached hydrogens (tertiary/aromatic N) is 2. The molecule has 0 aromatic rings. The summed E-state index contributed by atoms with van der Waals surface area (Å²) in [7, 11) is 0. The topological polar surface area (TPSA) is 61.6 Å². The van der Waals surface area contributed by atoms with Crippen LogP contribution < -0.4 is 11.1 Å². The molecule has 5 heteroatoms. The van der Waals surface area contributed by atoms with Gasteiger partial charge >= 0.3 is 6.03 Å². The monoisotopic (exact) mass is 270 g/mol. The van der Waals surface area contributed by atoms with Crippen LogP contribution in [-0.4, -0.2) is 61.6 Å². The molecule has 0 radical (unpaired) electrons. The van der Waals surface area contributed by atoms with Crippen molar-refractivity contribution in [2.24, 2.45) is 11.7 Å². The van der Waals surface area contributed by atoms with Crippen molar-refractivity contribution in [2.45, 2.75) is 33.1 Å². The molecule has 1 rings (SSSR count). The largest absolute Gasteiger partial charge is 0.338 e. The Balaban J connectivity index is 2.30. The van der Waals surface area contributed by atoms with Gasteiger partial charge in [0.05, 0.1) is 0 Å². The maximum atomic E-state index is 12.0. The first-order valence-corrected chi connectivity index (χ1v) is 7.62. The first kappa shape index (κ1) is 16.2. The standard InChI is InChI=1S/C14H30N4O/c1-3-4-6-16-14(19)18-8-5-7-17(9-10-18)12-13(2)11-15/h13H,3-12,15H2,1-2H3,(H,16,19). The van der Waals surface area contributed by atoms with Gasteiger partial charge in [-0.1, -0.05) is 20.3 Å². The van der Waals surface area contributed by atoms with Gasteiger partial charge in [0.2, 0.25) is 0 Å². The Labute approximate surface area is 117 Å². The summed E-state index contributed by atoms with van der Waals surface area (Å²) in [5.74, 6) is 0.532. The van der Waals surface area contributed by atoms with Crippen molar-refractivity contribution in [3.05, 3.63) is 0 Å². The van der Waals surface area contributed by atoms with Gasteiger partial charge in [0.15, 0.2) is 0 Å². The van der Waals surface area contributed by atoms with Crippen molar-refractivity contribution >= 4 is 6.03 Å². The molecule has 0 spiro atoms. The molecule has 19 heavy (non-hydrogen) atoms. The Kier molecular flexibility index (Phi) is 7.82. The number of carbonyl (C=O) groups is 1. The van der Waals surface area contributed by atoms with Crippen LogP contribution in [0, 0.1) is 5.92 Å². The normalized spacial score (nSPS) is 19.0. The van der Waals surface area contributed by atoms with Gasteiger partial charge < -0.3 is 20.9 Å². The molecule has 0 aromatic heterocycles. The summed E-state index contributed by atoms with van der Waals surface area (Å²) in [6.07, 6.45) is 3.23. The van der Waals surface area contributed by atoms with Crippen LogP contribution >= 0.6 is 0 Å².